The highest BCUT2D eigenvalue weighted by Gasteiger charge is 2.30. The van der Waals surface area contributed by atoms with E-state index in [1.165, 1.54) is 5.56 Å². The molecule has 1 aliphatic rings. The molecule has 1 atom stereocenters. The molecule has 3 aromatic carbocycles. The lowest BCUT2D eigenvalue weighted by Crippen LogP contribution is -2.49. The standard InChI is InChI=1S/C25H24N4O/c1-27-15-16-28(24(17-27)19-7-3-2-4-8-19)25(30)20-11-13-21(14-12-20)29-18-26-22-9-5-6-10-23(22)29/h2-14,18,24H,15-17H2,1H3/t24-/m0/s1. The second kappa shape index (κ2) is 7.76. The van der Waals surface area contributed by atoms with Crippen LogP contribution < -0.4 is 0 Å². The third-order valence-corrected chi connectivity index (χ3v) is 5.87. The van der Waals surface area contributed by atoms with Crippen LogP contribution in [0.3, 0.4) is 0 Å². The molecule has 0 radical (unpaired) electrons. The van der Waals surface area contributed by atoms with Gasteiger partial charge in [-0.15, -0.1) is 0 Å². The second-order valence-corrected chi connectivity index (χ2v) is 7.84. The minimum Gasteiger partial charge on any atom is -0.329 e. The molecular weight excluding hydrogens is 372 g/mol. The number of imidazole rings is 1. The van der Waals surface area contributed by atoms with Crippen LogP contribution in [0.4, 0.5) is 0 Å². The predicted molar refractivity (Wildman–Crippen MR) is 119 cm³/mol. The number of para-hydroxylation sites is 2. The lowest BCUT2D eigenvalue weighted by atomic mass is 10.0. The highest BCUT2D eigenvalue weighted by atomic mass is 16.2. The lowest BCUT2D eigenvalue weighted by Gasteiger charge is -2.40. The average molecular weight is 396 g/mol. The first-order valence-corrected chi connectivity index (χ1v) is 10.3. The van der Waals surface area contributed by atoms with Gasteiger partial charge in [0.05, 0.1) is 17.1 Å². The highest BCUT2D eigenvalue weighted by Crippen LogP contribution is 2.27. The van der Waals surface area contributed by atoms with Crippen molar-refractivity contribution in [3.63, 3.8) is 0 Å². The number of likely N-dealkylation sites (N-methyl/N-ethyl adjacent to an activating group) is 1. The number of carbonyl (C=O) groups excluding carboxylic acids is 1. The molecule has 1 aromatic heterocycles. The van der Waals surface area contributed by atoms with Crippen molar-refractivity contribution < 1.29 is 4.79 Å². The first-order valence-electron chi connectivity index (χ1n) is 10.3. The summed E-state index contributed by atoms with van der Waals surface area (Å²) < 4.78 is 2.05. The van der Waals surface area contributed by atoms with Crippen LogP contribution >= 0.6 is 0 Å². The third-order valence-electron chi connectivity index (χ3n) is 5.87. The summed E-state index contributed by atoms with van der Waals surface area (Å²) in [7, 11) is 2.11. The number of fused-ring (bicyclic) bond motifs is 1. The maximum absolute atomic E-state index is 13.4. The molecule has 5 nitrogen and oxygen atoms in total. The number of amides is 1. The molecule has 1 aliphatic heterocycles. The Hall–Kier alpha value is -3.44. The number of carbonyl (C=O) groups is 1. The zero-order valence-corrected chi connectivity index (χ0v) is 17.0. The van der Waals surface area contributed by atoms with E-state index in [2.05, 4.69) is 35.1 Å². The van der Waals surface area contributed by atoms with E-state index in [9.17, 15) is 4.79 Å². The lowest BCUT2D eigenvalue weighted by molar-refractivity contribution is 0.0498. The van der Waals surface area contributed by atoms with Crippen molar-refractivity contribution in [2.24, 2.45) is 0 Å². The van der Waals surface area contributed by atoms with Crippen molar-refractivity contribution in [3.8, 4) is 5.69 Å². The van der Waals surface area contributed by atoms with Gasteiger partial charge in [-0.3, -0.25) is 9.36 Å². The fraction of sp³-hybridized carbons (Fsp3) is 0.200. The van der Waals surface area contributed by atoms with Crippen LogP contribution in [0.15, 0.2) is 85.2 Å². The normalized spacial score (nSPS) is 17.4. The number of rotatable bonds is 3. The van der Waals surface area contributed by atoms with E-state index in [1.807, 2.05) is 76.5 Å². The van der Waals surface area contributed by atoms with Crippen LogP contribution in [-0.4, -0.2) is 51.9 Å². The Kier molecular flexibility index (Phi) is 4.81. The molecule has 0 N–H and O–H groups in total. The topological polar surface area (TPSA) is 41.4 Å². The van der Waals surface area contributed by atoms with Gasteiger partial charge in [0.25, 0.3) is 5.91 Å². The Labute approximate surface area is 176 Å². The zero-order chi connectivity index (χ0) is 20.5. The van der Waals surface area contributed by atoms with Gasteiger partial charge < -0.3 is 9.80 Å². The van der Waals surface area contributed by atoms with Crippen molar-refractivity contribution in [2.75, 3.05) is 26.7 Å². The SMILES string of the molecule is CN1CCN(C(=O)c2ccc(-n3cnc4ccccc43)cc2)[C@H](c2ccccc2)C1. The van der Waals surface area contributed by atoms with Gasteiger partial charge in [-0.05, 0) is 49.0 Å². The van der Waals surface area contributed by atoms with Gasteiger partial charge in [0, 0.05) is 30.9 Å². The molecule has 150 valence electrons. The average Bonchev–Trinajstić information content (AvgIpc) is 3.23. The van der Waals surface area contributed by atoms with Crippen molar-refractivity contribution in [1.29, 1.82) is 0 Å². The van der Waals surface area contributed by atoms with Gasteiger partial charge in [-0.1, -0.05) is 42.5 Å². The van der Waals surface area contributed by atoms with Crippen LogP contribution in [0.5, 0.6) is 0 Å². The summed E-state index contributed by atoms with van der Waals surface area (Å²) in [5.74, 6) is 0.0824. The Morgan fingerprint density at radius 2 is 1.63 bits per heavy atom. The fourth-order valence-corrected chi connectivity index (χ4v) is 4.22. The van der Waals surface area contributed by atoms with E-state index in [0.717, 1.165) is 36.4 Å². The van der Waals surface area contributed by atoms with E-state index in [1.54, 1.807) is 0 Å². The first kappa shape index (κ1) is 18.6. The first-order chi connectivity index (χ1) is 14.7. The van der Waals surface area contributed by atoms with Crippen LogP contribution in [0.1, 0.15) is 22.0 Å². The van der Waals surface area contributed by atoms with Crippen molar-refractivity contribution in [1.82, 2.24) is 19.4 Å². The van der Waals surface area contributed by atoms with Crippen LogP contribution in [-0.2, 0) is 0 Å². The Morgan fingerprint density at radius 1 is 0.900 bits per heavy atom. The van der Waals surface area contributed by atoms with Gasteiger partial charge >= 0.3 is 0 Å². The highest BCUT2D eigenvalue weighted by molar-refractivity contribution is 5.95. The van der Waals surface area contributed by atoms with E-state index in [0.29, 0.717) is 5.56 Å². The smallest absolute Gasteiger partial charge is 0.254 e. The largest absolute Gasteiger partial charge is 0.329 e. The number of benzene rings is 3. The molecular formula is C25H24N4O. The van der Waals surface area contributed by atoms with Crippen molar-refractivity contribution in [3.05, 3.63) is 96.3 Å². The van der Waals surface area contributed by atoms with Gasteiger partial charge in [0.2, 0.25) is 0 Å². The quantitative estimate of drug-likeness (QED) is 0.522. The molecule has 0 unspecified atom stereocenters. The van der Waals surface area contributed by atoms with E-state index in [-0.39, 0.29) is 11.9 Å². The Balaban J connectivity index is 1.43. The number of hydrogen-bond donors (Lipinski definition) is 0. The van der Waals surface area contributed by atoms with Crippen molar-refractivity contribution >= 4 is 16.9 Å². The third kappa shape index (κ3) is 3.37. The van der Waals surface area contributed by atoms with Crippen LogP contribution in [0.25, 0.3) is 16.7 Å². The summed E-state index contributed by atoms with van der Waals surface area (Å²) >= 11 is 0. The maximum Gasteiger partial charge on any atom is 0.254 e. The Morgan fingerprint density at radius 3 is 2.43 bits per heavy atom. The number of aromatic nitrogens is 2. The summed E-state index contributed by atoms with van der Waals surface area (Å²) in [5, 5.41) is 0. The molecule has 0 aliphatic carbocycles. The van der Waals surface area contributed by atoms with E-state index in [4.69, 9.17) is 0 Å². The molecule has 1 amide bonds. The minimum atomic E-state index is 0.0646. The van der Waals surface area contributed by atoms with Gasteiger partial charge in [-0.2, -0.15) is 0 Å². The van der Waals surface area contributed by atoms with Gasteiger partial charge in [0.1, 0.15) is 6.33 Å². The summed E-state index contributed by atoms with van der Waals surface area (Å²) in [6, 6.07) is 26.3. The molecule has 0 bridgehead atoms. The summed E-state index contributed by atoms with van der Waals surface area (Å²) in [5.41, 5.74) is 4.91. The molecule has 0 saturated carbocycles. The zero-order valence-electron chi connectivity index (χ0n) is 17.0. The maximum atomic E-state index is 13.4. The molecule has 5 heteroatoms. The van der Waals surface area contributed by atoms with Crippen molar-refractivity contribution in [2.45, 2.75) is 6.04 Å². The molecule has 30 heavy (non-hydrogen) atoms. The molecule has 0 spiro atoms. The molecule has 4 aromatic rings. The van der Waals surface area contributed by atoms with Crippen LogP contribution in [0.2, 0.25) is 0 Å². The summed E-state index contributed by atoms with van der Waals surface area (Å²) in [6.07, 6.45) is 1.83. The van der Waals surface area contributed by atoms with Crippen LogP contribution in [0, 0.1) is 0 Å². The number of hydrogen-bond acceptors (Lipinski definition) is 3. The number of piperazine rings is 1. The molecule has 1 fully saturated rings. The minimum absolute atomic E-state index is 0.0646. The monoisotopic (exact) mass is 396 g/mol. The van der Waals surface area contributed by atoms with E-state index < -0.39 is 0 Å². The molecule has 1 saturated heterocycles. The van der Waals surface area contributed by atoms with E-state index >= 15 is 0 Å². The van der Waals surface area contributed by atoms with Gasteiger partial charge in [0.15, 0.2) is 0 Å². The predicted octanol–water partition coefficient (Wildman–Crippen LogP) is 4.15. The fourth-order valence-electron chi connectivity index (χ4n) is 4.22. The summed E-state index contributed by atoms with van der Waals surface area (Å²) in [6.45, 7) is 2.45. The second-order valence-electron chi connectivity index (χ2n) is 7.84. The summed E-state index contributed by atoms with van der Waals surface area (Å²) in [4.78, 5) is 22.1. The molecule has 2 heterocycles. The molecule has 5 rings (SSSR count). The Bertz CT molecular complexity index is 1170. The number of nitrogens with zero attached hydrogens (tertiary/aromatic N) is 4. The van der Waals surface area contributed by atoms with Gasteiger partial charge in [-0.25, -0.2) is 4.98 Å².